The van der Waals surface area contributed by atoms with Gasteiger partial charge in [0.05, 0.1) is 11.0 Å². The number of sulfonamides is 1. The zero-order valence-corrected chi connectivity index (χ0v) is 11.1. The zero-order chi connectivity index (χ0) is 15.5. The molecule has 1 aromatic rings. The Hall–Kier alpha value is -2.07. The number of rotatable bonds is 6. The molecule has 1 rings (SSSR count). The Morgan fingerprint density at radius 2 is 2.15 bits per heavy atom. The van der Waals surface area contributed by atoms with E-state index in [1.807, 2.05) is 4.72 Å². The van der Waals surface area contributed by atoms with E-state index in [4.69, 9.17) is 5.11 Å². The number of carboxylic acid groups (broad SMARTS) is 1. The van der Waals surface area contributed by atoms with Gasteiger partial charge in [-0.3, -0.25) is 14.9 Å². The van der Waals surface area contributed by atoms with E-state index >= 15 is 0 Å². The molecule has 0 radical (unpaired) electrons. The van der Waals surface area contributed by atoms with Crippen LogP contribution in [0.25, 0.3) is 0 Å². The van der Waals surface area contributed by atoms with Crippen LogP contribution >= 0.6 is 0 Å². The van der Waals surface area contributed by atoms with Crippen LogP contribution in [0.15, 0.2) is 23.1 Å². The van der Waals surface area contributed by atoms with Crippen LogP contribution in [0.5, 0.6) is 0 Å². The van der Waals surface area contributed by atoms with Crippen molar-refractivity contribution < 1.29 is 27.6 Å². The highest BCUT2D eigenvalue weighted by molar-refractivity contribution is 7.89. The molecule has 0 aliphatic rings. The van der Waals surface area contributed by atoms with Crippen molar-refractivity contribution in [2.75, 3.05) is 0 Å². The van der Waals surface area contributed by atoms with Crippen LogP contribution in [-0.2, 0) is 14.8 Å². The molecule has 0 saturated heterocycles. The van der Waals surface area contributed by atoms with E-state index in [1.54, 1.807) is 0 Å². The lowest BCUT2D eigenvalue weighted by Gasteiger charge is -2.12. The molecule has 110 valence electrons. The maximum atomic E-state index is 12.9. The summed E-state index contributed by atoms with van der Waals surface area (Å²) in [6.07, 6.45) is -0.0520. The Morgan fingerprint density at radius 3 is 2.60 bits per heavy atom. The second kappa shape index (κ2) is 5.92. The molecule has 10 heteroatoms. The fourth-order valence-electron chi connectivity index (χ4n) is 1.42. The first-order valence-electron chi connectivity index (χ1n) is 5.38. The van der Waals surface area contributed by atoms with Gasteiger partial charge >= 0.3 is 5.97 Å². The molecule has 1 atom stereocenters. The molecule has 8 nitrogen and oxygen atoms in total. The molecular formula is C10H11FN2O6S. The maximum absolute atomic E-state index is 12.9. The second-order valence-corrected chi connectivity index (χ2v) is 5.47. The highest BCUT2D eigenvalue weighted by atomic mass is 32.2. The van der Waals surface area contributed by atoms with Crippen molar-refractivity contribution in [1.82, 2.24) is 4.72 Å². The normalized spacial score (nSPS) is 12.9. The van der Waals surface area contributed by atoms with Crippen LogP contribution < -0.4 is 4.72 Å². The SMILES string of the molecule is CCC(NS(=O)(=O)c1ccc(F)cc1[N+](=O)[O-])C(=O)O. The Bertz CT molecular complexity index is 645. The highest BCUT2D eigenvalue weighted by Gasteiger charge is 2.30. The Morgan fingerprint density at radius 1 is 1.55 bits per heavy atom. The van der Waals surface area contributed by atoms with Crippen LogP contribution in [0, 0.1) is 15.9 Å². The molecule has 0 amide bonds. The van der Waals surface area contributed by atoms with Gasteiger partial charge in [-0.1, -0.05) is 6.92 Å². The molecule has 0 aliphatic carbocycles. The third-order valence-corrected chi connectivity index (χ3v) is 3.93. The molecule has 0 spiro atoms. The summed E-state index contributed by atoms with van der Waals surface area (Å²) < 4.78 is 38.6. The van der Waals surface area contributed by atoms with Crippen molar-refractivity contribution >= 4 is 21.7 Å². The predicted molar refractivity (Wildman–Crippen MR) is 65.1 cm³/mol. The average molecular weight is 306 g/mol. The number of hydrogen-bond acceptors (Lipinski definition) is 5. The number of halogens is 1. The van der Waals surface area contributed by atoms with Crippen molar-refractivity contribution in [3.05, 3.63) is 34.1 Å². The van der Waals surface area contributed by atoms with Crippen molar-refractivity contribution in [2.45, 2.75) is 24.3 Å². The molecule has 1 unspecified atom stereocenters. The molecule has 0 bridgehead atoms. The molecule has 0 aliphatic heterocycles. The van der Waals surface area contributed by atoms with E-state index < -0.39 is 43.4 Å². The minimum atomic E-state index is -4.45. The molecule has 0 fully saturated rings. The fourth-order valence-corrected chi connectivity index (χ4v) is 2.84. The maximum Gasteiger partial charge on any atom is 0.321 e. The number of nitrogens with zero attached hydrogens (tertiary/aromatic N) is 1. The summed E-state index contributed by atoms with van der Waals surface area (Å²) in [6.45, 7) is 1.43. The van der Waals surface area contributed by atoms with Crippen molar-refractivity contribution in [3.8, 4) is 0 Å². The van der Waals surface area contributed by atoms with E-state index in [2.05, 4.69) is 0 Å². The Balaban J connectivity index is 3.29. The standard InChI is InChI=1S/C10H11FN2O6S/c1-2-7(10(14)15)12-20(18,19)9-4-3-6(11)5-8(9)13(16)17/h3-5,7,12H,2H2,1H3,(H,14,15). The molecule has 20 heavy (non-hydrogen) atoms. The van der Waals surface area contributed by atoms with Gasteiger partial charge in [0.15, 0.2) is 4.90 Å². The summed E-state index contributed by atoms with van der Waals surface area (Å²) in [5.41, 5.74) is -0.960. The largest absolute Gasteiger partial charge is 0.480 e. The van der Waals surface area contributed by atoms with Crippen molar-refractivity contribution in [3.63, 3.8) is 0 Å². The van der Waals surface area contributed by atoms with Crippen molar-refractivity contribution in [2.24, 2.45) is 0 Å². The third kappa shape index (κ3) is 3.48. The molecule has 1 aromatic carbocycles. The third-order valence-electron chi connectivity index (χ3n) is 2.41. The van der Waals surface area contributed by atoms with E-state index in [0.29, 0.717) is 12.1 Å². The van der Waals surface area contributed by atoms with Gasteiger partial charge in [-0.05, 0) is 18.6 Å². The van der Waals surface area contributed by atoms with E-state index in [9.17, 15) is 27.7 Å². The number of aliphatic carboxylic acids is 1. The van der Waals surface area contributed by atoms with Crippen LogP contribution in [0.1, 0.15) is 13.3 Å². The fraction of sp³-hybridized carbons (Fsp3) is 0.300. The van der Waals surface area contributed by atoms with Gasteiger partial charge in [0.25, 0.3) is 5.69 Å². The lowest BCUT2D eigenvalue weighted by molar-refractivity contribution is -0.388. The monoisotopic (exact) mass is 306 g/mol. The highest BCUT2D eigenvalue weighted by Crippen LogP contribution is 2.24. The molecule has 0 saturated carbocycles. The molecule has 2 N–H and O–H groups in total. The number of nitro groups is 1. The first kappa shape index (κ1) is 16.0. The summed E-state index contributed by atoms with van der Waals surface area (Å²) in [6, 6.07) is 0.480. The van der Waals surface area contributed by atoms with Gasteiger partial charge < -0.3 is 5.11 Å². The molecule has 0 aromatic heterocycles. The number of nitro benzene ring substituents is 1. The summed E-state index contributed by atoms with van der Waals surface area (Å²) in [5.74, 6) is -2.39. The second-order valence-electron chi connectivity index (χ2n) is 3.79. The minimum absolute atomic E-state index is 0.0520. The first-order chi connectivity index (χ1) is 9.19. The number of benzene rings is 1. The van der Waals surface area contributed by atoms with E-state index in [-0.39, 0.29) is 6.42 Å². The topological polar surface area (TPSA) is 127 Å². The lowest BCUT2D eigenvalue weighted by Crippen LogP contribution is -2.40. The van der Waals surface area contributed by atoms with E-state index in [1.165, 1.54) is 6.92 Å². The number of hydrogen-bond donors (Lipinski definition) is 2. The zero-order valence-electron chi connectivity index (χ0n) is 10.2. The lowest BCUT2D eigenvalue weighted by atomic mass is 10.2. The molecular weight excluding hydrogens is 295 g/mol. The van der Waals surface area contributed by atoms with Gasteiger partial charge in [0.2, 0.25) is 10.0 Å². The van der Waals surface area contributed by atoms with Crippen molar-refractivity contribution in [1.29, 1.82) is 0 Å². The Labute approximate surface area is 113 Å². The number of nitrogens with one attached hydrogen (secondary N) is 1. The Kier molecular flexibility index (Phi) is 4.73. The summed E-state index contributed by atoms with van der Waals surface area (Å²) >= 11 is 0. The van der Waals surface area contributed by atoms with Crippen LogP contribution in [-0.4, -0.2) is 30.5 Å². The van der Waals surface area contributed by atoms with Crippen LogP contribution in [0.2, 0.25) is 0 Å². The summed E-state index contributed by atoms with van der Waals surface area (Å²) in [7, 11) is -4.45. The van der Waals surface area contributed by atoms with Gasteiger partial charge in [-0.25, -0.2) is 12.8 Å². The smallest absolute Gasteiger partial charge is 0.321 e. The quantitative estimate of drug-likeness (QED) is 0.593. The van der Waals surface area contributed by atoms with Gasteiger partial charge in [-0.2, -0.15) is 4.72 Å². The first-order valence-corrected chi connectivity index (χ1v) is 6.86. The summed E-state index contributed by atoms with van der Waals surface area (Å²) in [4.78, 5) is 19.7. The van der Waals surface area contributed by atoms with Crippen LogP contribution in [0.3, 0.4) is 0 Å². The number of carboxylic acids is 1. The summed E-state index contributed by atoms with van der Waals surface area (Å²) in [5, 5.41) is 19.5. The van der Waals surface area contributed by atoms with Crippen LogP contribution in [0.4, 0.5) is 10.1 Å². The van der Waals surface area contributed by atoms with Gasteiger partial charge in [0.1, 0.15) is 11.9 Å². The average Bonchev–Trinajstić information content (AvgIpc) is 2.35. The molecule has 0 heterocycles. The predicted octanol–water partition coefficient (Wildman–Crippen LogP) is 0.875. The van der Waals surface area contributed by atoms with Gasteiger partial charge in [0, 0.05) is 0 Å². The van der Waals surface area contributed by atoms with Gasteiger partial charge in [-0.15, -0.1) is 0 Å². The minimum Gasteiger partial charge on any atom is -0.480 e. The van der Waals surface area contributed by atoms with E-state index in [0.717, 1.165) is 6.07 Å². The number of carbonyl (C=O) groups is 1.